The number of piperidine rings is 1. The van der Waals surface area contributed by atoms with E-state index < -0.39 is 10.0 Å². The number of amides is 1. The van der Waals surface area contributed by atoms with E-state index in [0.717, 1.165) is 57.3 Å². The molecule has 1 aliphatic carbocycles. The molecule has 9 heteroatoms. The van der Waals surface area contributed by atoms with Crippen LogP contribution in [0.3, 0.4) is 0 Å². The molecule has 176 valence electrons. The Labute approximate surface area is 195 Å². The lowest BCUT2D eigenvalue weighted by atomic mass is 10.1. The van der Waals surface area contributed by atoms with E-state index in [-0.39, 0.29) is 11.9 Å². The van der Waals surface area contributed by atoms with Gasteiger partial charge in [-0.15, -0.1) is 11.3 Å². The average Bonchev–Trinajstić information content (AvgIpc) is 3.17. The molecule has 0 bridgehead atoms. The molecule has 4 rings (SSSR count). The highest BCUT2D eigenvalue weighted by atomic mass is 32.2. The van der Waals surface area contributed by atoms with Crippen LogP contribution >= 0.6 is 11.3 Å². The van der Waals surface area contributed by atoms with Crippen molar-refractivity contribution in [3.8, 4) is 10.7 Å². The third-order valence-corrected chi connectivity index (χ3v) is 9.61. The van der Waals surface area contributed by atoms with Gasteiger partial charge in [0.2, 0.25) is 10.0 Å². The lowest BCUT2D eigenvalue weighted by molar-refractivity contribution is 0.0728. The van der Waals surface area contributed by atoms with E-state index in [1.54, 1.807) is 6.07 Å². The van der Waals surface area contributed by atoms with Crippen molar-refractivity contribution in [1.29, 1.82) is 0 Å². The summed E-state index contributed by atoms with van der Waals surface area (Å²) in [7, 11) is -1.76. The summed E-state index contributed by atoms with van der Waals surface area (Å²) in [5.74, 6) is 0.0414. The molecule has 0 aromatic carbocycles. The Bertz CT molecular complexity index is 1070. The minimum Gasteiger partial charge on any atom is -0.345 e. The van der Waals surface area contributed by atoms with Gasteiger partial charge in [0.15, 0.2) is 0 Å². The zero-order valence-corrected chi connectivity index (χ0v) is 20.9. The number of sulfonamides is 1. The third-order valence-electron chi connectivity index (χ3n) is 6.81. The fourth-order valence-corrected chi connectivity index (χ4v) is 7.45. The molecule has 2 aliphatic rings. The lowest BCUT2D eigenvalue weighted by Crippen LogP contribution is -2.35. The van der Waals surface area contributed by atoms with Crippen LogP contribution in [0.4, 0.5) is 0 Å². The van der Waals surface area contributed by atoms with Crippen LogP contribution in [0.25, 0.3) is 10.7 Å². The average molecular weight is 479 g/mol. The van der Waals surface area contributed by atoms with Gasteiger partial charge in [0.05, 0.1) is 11.4 Å². The molecule has 3 heterocycles. The van der Waals surface area contributed by atoms with Crippen LogP contribution in [-0.2, 0) is 17.1 Å². The first kappa shape index (κ1) is 23.4. The smallest absolute Gasteiger partial charge is 0.265 e. The van der Waals surface area contributed by atoms with Gasteiger partial charge in [-0.2, -0.15) is 0 Å². The summed E-state index contributed by atoms with van der Waals surface area (Å²) >= 11 is 1.36. The van der Waals surface area contributed by atoms with E-state index in [4.69, 9.17) is 0 Å². The van der Waals surface area contributed by atoms with Crippen molar-refractivity contribution in [3.05, 3.63) is 22.3 Å². The zero-order valence-electron chi connectivity index (χ0n) is 19.3. The number of likely N-dealkylation sites (tertiary alicyclic amines) is 1. The molecular formula is C23H34N4O3S2. The number of carbonyl (C=O) groups excluding carboxylic acids is 1. The highest BCUT2D eigenvalue weighted by Crippen LogP contribution is 2.33. The number of aromatic nitrogens is 2. The molecule has 0 spiro atoms. The monoisotopic (exact) mass is 478 g/mol. The van der Waals surface area contributed by atoms with Crippen molar-refractivity contribution in [3.63, 3.8) is 0 Å². The highest BCUT2D eigenvalue weighted by Gasteiger charge is 2.28. The molecule has 7 nitrogen and oxygen atoms in total. The third kappa shape index (κ3) is 4.79. The van der Waals surface area contributed by atoms with Gasteiger partial charge >= 0.3 is 0 Å². The van der Waals surface area contributed by atoms with Gasteiger partial charge in [0, 0.05) is 31.9 Å². The quantitative estimate of drug-likeness (QED) is 0.646. The van der Waals surface area contributed by atoms with E-state index in [2.05, 4.69) is 9.71 Å². The predicted molar refractivity (Wildman–Crippen MR) is 128 cm³/mol. The van der Waals surface area contributed by atoms with Gasteiger partial charge in [-0.05, 0) is 52.0 Å². The molecule has 1 saturated carbocycles. The Morgan fingerprint density at radius 1 is 1.06 bits per heavy atom. The summed E-state index contributed by atoms with van der Waals surface area (Å²) in [6, 6.07) is 1.71. The molecule has 1 saturated heterocycles. The number of nitrogens with one attached hydrogen (secondary N) is 1. The first-order valence-corrected chi connectivity index (χ1v) is 14.0. The maximum absolute atomic E-state index is 13.2. The number of thiazole rings is 1. The molecule has 0 atom stereocenters. The Morgan fingerprint density at radius 3 is 2.34 bits per heavy atom. The Kier molecular flexibility index (Phi) is 7.07. The highest BCUT2D eigenvalue weighted by molar-refractivity contribution is 7.89. The van der Waals surface area contributed by atoms with Crippen LogP contribution in [-0.4, -0.2) is 47.9 Å². The van der Waals surface area contributed by atoms with Gasteiger partial charge in [0.25, 0.3) is 5.91 Å². The largest absolute Gasteiger partial charge is 0.345 e. The van der Waals surface area contributed by atoms with Gasteiger partial charge in [-0.3, -0.25) is 4.79 Å². The number of hydrogen-bond donors (Lipinski definition) is 1. The standard InChI is InChI=1S/C23H34N4O3S2/c1-16-21(23(28)27-13-9-6-10-14-27)31-22(24-16)19-15-20(17(2)26(19)3)32(29,30)25-18-11-7-4-5-8-12-18/h15,18,25H,4-14H2,1-3H3. The van der Waals surface area contributed by atoms with Crippen molar-refractivity contribution < 1.29 is 13.2 Å². The Hall–Kier alpha value is -1.71. The minimum atomic E-state index is -3.62. The van der Waals surface area contributed by atoms with Crippen LogP contribution in [0.5, 0.6) is 0 Å². The number of aryl methyl sites for hydroxylation is 1. The summed E-state index contributed by atoms with van der Waals surface area (Å²) in [4.78, 5) is 20.5. The van der Waals surface area contributed by atoms with Crippen LogP contribution in [0.2, 0.25) is 0 Å². The van der Waals surface area contributed by atoms with E-state index >= 15 is 0 Å². The van der Waals surface area contributed by atoms with Crippen LogP contribution in [0.1, 0.15) is 78.8 Å². The van der Waals surface area contributed by atoms with E-state index in [1.165, 1.54) is 30.6 Å². The SMILES string of the molecule is Cc1nc(-c2cc(S(=O)(=O)NC3CCCCCC3)c(C)n2C)sc1C(=O)N1CCCCC1. The lowest BCUT2D eigenvalue weighted by Gasteiger charge is -2.26. The summed E-state index contributed by atoms with van der Waals surface area (Å²) in [5, 5.41) is 0.685. The van der Waals surface area contributed by atoms with Gasteiger partial charge in [0.1, 0.15) is 14.8 Å². The molecule has 0 radical (unpaired) electrons. The first-order valence-electron chi connectivity index (χ1n) is 11.7. The number of rotatable bonds is 5. The molecule has 1 amide bonds. The number of nitrogens with zero attached hydrogens (tertiary/aromatic N) is 3. The molecule has 1 N–H and O–H groups in total. The Balaban J connectivity index is 1.60. The van der Waals surface area contributed by atoms with Gasteiger partial charge < -0.3 is 9.47 Å². The zero-order chi connectivity index (χ0) is 22.9. The maximum atomic E-state index is 13.2. The number of carbonyl (C=O) groups is 1. The van der Waals surface area contributed by atoms with Crippen LogP contribution in [0.15, 0.2) is 11.0 Å². The van der Waals surface area contributed by atoms with E-state index in [0.29, 0.717) is 26.2 Å². The summed E-state index contributed by atoms with van der Waals surface area (Å²) in [6.07, 6.45) is 9.54. The van der Waals surface area contributed by atoms with E-state index in [9.17, 15) is 13.2 Å². The van der Waals surface area contributed by atoms with Crippen LogP contribution < -0.4 is 4.72 Å². The van der Waals surface area contributed by atoms with Crippen molar-refractivity contribution in [1.82, 2.24) is 19.2 Å². The molecular weight excluding hydrogens is 444 g/mol. The Morgan fingerprint density at radius 2 is 1.69 bits per heavy atom. The molecule has 0 unspecified atom stereocenters. The van der Waals surface area contributed by atoms with Crippen molar-refractivity contribution in [2.45, 2.75) is 82.6 Å². The van der Waals surface area contributed by atoms with Crippen molar-refractivity contribution >= 4 is 27.3 Å². The summed E-state index contributed by atoms with van der Waals surface area (Å²) in [6.45, 7) is 5.28. The first-order chi connectivity index (χ1) is 15.3. The second kappa shape index (κ2) is 9.65. The molecule has 2 aromatic heterocycles. The minimum absolute atomic E-state index is 0.00132. The molecule has 2 aromatic rings. The second-order valence-electron chi connectivity index (χ2n) is 9.13. The fraction of sp³-hybridized carbons (Fsp3) is 0.652. The van der Waals surface area contributed by atoms with E-state index in [1.807, 2.05) is 30.4 Å². The fourth-order valence-electron chi connectivity index (χ4n) is 4.77. The van der Waals surface area contributed by atoms with Crippen molar-refractivity contribution in [2.75, 3.05) is 13.1 Å². The topological polar surface area (TPSA) is 84.3 Å². The molecule has 2 fully saturated rings. The maximum Gasteiger partial charge on any atom is 0.265 e. The molecule has 1 aliphatic heterocycles. The second-order valence-corrected chi connectivity index (χ2v) is 11.8. The van der Waals surface area contributed by atoms with Crippen molar-refractivity contribution in [2.24, 2.45) is 7.05 Å². The predicted octanol–water partition coefficient (Wildman–Crippen LogP) is 4.39. The normalized spacial score (nSPS) is 18.7. The summed E-state index contributed by atoms with van der Waals surface area (Å²) < 4.78 is 31.2. The van der Waals surface area contributed by atoms with Gasteiger partial charge in [-0.1, -0.05) is 25.7 Å². The van der Waals surface area contributed by atoms with Gasteiger partial charge in [-0.25, -0.2) is 18.1 Å². The van der Waals surface area contributed by atoms with Crippen LogP contribution in [0, 0.1) is 13.8 Å². The number of hydrogen-bond acceptors (Lipinski definition) is 5. The summed E-state index contributed by atoms with van der Waals surface area (Å²) in [5.41, 5.74) is 2.12. The molecule has 32 heavy (non-hydrogen) atoms.